The molecule has 1 fully saturated rings. The van der Waals surface area contributed by atoms with Gasteiger partial charge in [-0.1, -0.05) is 6.92 Å². The average Bonchev–Trinajstić information content (AvgIpc) is 3.00. The topological polar surface area (TPSA) is 69.6 Å². The van der Waals surface area contributed by atoms with E-state index in [2.05, 4.69) is 5.32 Å². The van der Waals surface area contributed by atoms with Crippen LogP contribution >= 0.6 is 0 Å². The molecule has 0 aliphatic heterocycles. The number of carboxylic acids is 1. The molecule has 1 rings (SSSR count). The van der Waals surface area contributed by atoms with Crippen LogP contribution in [0.3, 0.4) is 0 Å². The van der Waals surface area contributed by atoms with Crippen molar-refractivity contribution in [2.24, 2.45) is 5.92 Å². The SMILES string of the molecule is CCC(C)(NC(=O)N(C)CC1CC1)C(=O)O. The standard InChI is InChI=1S/C11H20N2O3/c1-4-11(2,9(14)15)12-10(16)13(3)7-8-5-6-8/h8H,4-7H2,1-3H3,(H,12,16)(H,14,15). The molecule has 0 aromatic carbocycles. The van der Waals surface area contributed by atoms with Gasteiger partial charge in [-0.15, -0.1) is 0 Å². The van der Waals surface area contributed by atoms with E-state index in [1.54, 1.807) is 18.9 Å². The van der Waals surface area contributed by atoms with Gasteiger partial charge in [0.25, 0.3) is 0 Å². The van der Waals surface area contributed by atoms with Gasteiger partial charge in [0.2, 0.25) is 0 Å². The van der Waals surface area contributed by atoms with E-state index < -0.39 is 11.5 Å². The Kier molecular flexibility index (Phi) is 3.78. The van der Waals surface area contributed by atoms with Gasteiger partial charge in [0.1, 0.15) is 5.54 Å². The van der Waals surface area contributed by atoms with Crippen LogP contribution in [-0.4, -0.2) is 41.1 Å². The summed E-state index contributed by atoms with van der Waals surface area (Å²) in [5.41, 5.74) is -1.17. The van der Waals surface area contributed by atoms with Gasteiger partial charge in [-0.3, -0.25) is 0 Å². The summed E-state index contributed by atoms with van der Waals surface area (Å²) in [5, 5.41) is 11.6. The molecule has 0 heterocycles. The van der Waals surface area contributed by atoms with Crippen LogP contribution in [0.5, 0.6) is 0 Å². The second kappa shape index (κ2) is 4.72. The van der Waals surface area contributed by atoms with Gasteiger partial charge >= 0.3 is 12.0 Å². The fourth-order valence-electron chi connectivity index (χ4n) is 1.40. The highest BCUT2D eigenvalue weighted by atomic mass is 16.4. The van der Waals surface area contributed by atoms with E-state index in [4.69, 9.17) is 5.11 Å². The number of carbonyl (C=O) groups is 2. The Balaban J connectivity index is 2.50. The summed E-state index contributed by atoms with van der Waals surface area (Å²) in [6, 6.07) is -0.307. The van der Waals surface area contributed by atoms with E-state index >= 15 is 0 Å². The van der Waals surface area contributed by atoms with Crippen molar-refractivity contribution in [2.75, 3.05) is 13.6 Å². The second-order valence-corrected chi connectivity index (χ2v) is 4.74. The zero-order valence-electron chi connectivity index (χ0n) is 10.1. The Morgan fingerprint density at radius 3 is 2.44 bits per heavy atom. The number of amides is 2. The number of hydrogen-bond acceptors (Lipinski definition) is 2. The van der Waals surface area contributed by atoms with Gasteiger partial charge < -0.3 is 15.3 Å². The molecule has 0 aromatic heterocycles. The molecule has 0 radical (unpaired) electrons. The van der Waals surface area contributed by atoms with Crippen molar-refractivity contribution in [3.05, 3.63) is 0 Å². The summed E-state index contributed by atoms with van der Waals surface area (Å²) in [7, 11) is 1.70. The normalized spacial score (nSPS) is 18.7. The third-order valence-corrected chi connectivity index (χ3v) is 3.14. The first-order valence-corrected chi connectivity index (χ1v) is 5.65. The average molecular weight is 228 g/mol. The van der Waals surface area contributed by atoms with Gasteiger partial charge in [-0.25, -0.2) is 9.59 Å². The zero-order valence-corrected chi connectivity index (χ0v) is 10.1. The molecular weight excluding hydrogens is 208 g/mol. The Hall–Kier alpha value is -1.26. The summed E-state index contributed by atoms with van der Waals surface area (Å²) in [6.07, 6.45) is 2.70. The van der Waals surface area contributed by atoms with Crippen LogP contribution in [-0.2, 0) is 4.79 Å². The van der Waals surface area contributed by atoms with Gasteiger partial charge in [-0.05, 0) is 32.1 Å². The third kappa shape index (κ3) is 3.12. The number of carboxylic acid groups (broad SMARTS) is 1. The minimum atomic E-state index is -1.17. The number of carbonyl (C=O) groups excluding carboxylic acids is 1. The largest absolute Gasteiger partial charge is 0.480 e. The van der Waals surface area contributed by atoms with Crippen molar-refractivity contribution in [1.29, 1.82) is 0 Å². The highest BCUT2D eigenvalue weighted by Gasteiger charge is 2.34. The molecule has 2 N–H and O–H groups in total. The van der Waals surface area contributed by atoms with Crippen LogP contribution in [0.25, 0.3) is 0 Å². The Morgan fingerprint density at radius 1 is 1.50 bits per heavy atom. The summed E-state index contributed by atoms with van der Waals surface area (Å²) in [6.45, 7) is 3.98. The fraction of sp³-hybridized carbons (Fsp3) is 0.818. The maximum Gasteiger partial charge on any atom is 0.329 e. The van der Waals surface area contributed by atoms with Gasteiger partial charge in [0.05, 0.1) is 0 Å². The molecule has 0 spiro atoms. The number of rotatable bonds is 5. The predicted molar refractivity (Wildman–Crippen MR) is 60.2 cm³/mol. The minimum absolute atomic E-state index is 0.307. The van der Waals surface area contributed by atoms with Crippen LogP contribution in [0.4, 0.5) is 4.79 Å². The highest BCUT2D eigenvalue weighted by molar-refractivity contribution is 5.85. The first-order chi connectivity index (χ1) is 7.39. The highest BCUT2D eigenvalue weighted by Crippen LogP contribution is 2.29. The van der Waals surface area contributed by atoms with Gasteiger partial charge in [0, 0.05) is 13.6 Å². The van der Waals surface area contributed by atoms with Crippen LogP contribution in [0, 0.1) is 5.92 Å². The van der Waals surface area contributed by atoms with Crippen molar-refractivity contribution in [1.82, 2.24) is 10.2 Å². The van der Waals surface area contributed by atoms with E-state index in [9.17, 15) is 9.59 Å². The number of nitrogens with zero attached hydrogens (tertiary/aromatic N) is 1. The molecular formula is C11H20N2O3. The number of nitrogens with one attached hydrogen (secondary N) is 1. The van der Waals surface area contributed by atoms with Crippen molar-refractivity contribution >= 4 is 12.0 Å². The second-order valence-electron chi connectivity index (χ2n) is 4.74. The van der Waals surface area contributed by atoms with Crippen LogP contribution in [0.15, 0.2) is 0 Å². The van der Waals surface area contributed by atoms with Crippen LogP contribution in [0.2, 0.25) is 0 Å². The summed E-state index contributed by atoms with van der Waals surface area (Å²) >= 11 is 0. The molecule has 0 saturated heterocycles. The first kappa shape index (κ1) is 12.8. The number of aliphatic carboxylic acids is 1. The zero-order chi connectivity index (χ0) is 12.3. The van der Waals surface area contributed by atoms with Crippen molar-refractivity contribution < 1.29 is 14.7 Å². The molecule has 1 aliphatic carbocycles. The molecule has 0 aromatic rings. The maximum atomic E-state index is 11.7. The molecule has 5 heteroatoms. The predicted octanol–water partition coefficient (Wildman–Crippen LogP) is 1.29. The summed E-state index contributed by atoms with van der Waals surface area (Å²) in [4.78, 5) is 24.3. The molecule has 1 unspecified atom stereocenters. The molecule has 92 valence electrons. The number of hydrogen-bond donors (Lipinski definition) is 2. The van der Waals surface area contributed by atoms with E-state index in [-0.39, 0.29) is 6.03 Å². The first-order valence-electron chi connectivity index (χ1n) is 5.65. The lowest BCUT2D eigenvalue weighted by Crippen LogP contribution is -2.55. The Bertz CT molecular complexity index is 289. The molecule has 1 saturated carbocycles. The lowest BCUT2D eigenvalue weighted by atomic mass is 10.00. The summed E-state index contributed by atoms with van der Waals surface area (Å²) < 4.78 is 0. The molecule has 2 amide bonds. The maximum absolute atomic E-state index is 11.7. The molecule has 5 nitrogen and oxygen atoms in total. The van der Waals surface area contributed by atoms with E-state index in [1.165, 1.54) is 19.8 Å². The van der Waals surface area contributed by atoms with Crippen molar-refractivity contribution in [3.63, 3.8) is 0 Å². The van der Waals surface area contributed by atoms with Gasteiger partial charge in [-0.2, -0.15) is 0 Å². The third-order valence-electron chi connectivity index (χ3n) is 3.14. The summed E-state index contributed by atoms with van der Waals surface area (Å²) in [5.74, 6) is -0.392. The van der Waals surface area contributed by atoms with Crippen molar-refractivity contribution in [3.8, 4) is 0 Å². The van der Waals surface area contributed by atoms with Gasteiger partial charge in [0.15, 0.2) is 0 Å². The lowest BCUT2D eigenvalue weighted by Gasteiger charge is -2.28. The van der Waals surface area contributed by atoms with E-state index in [1.807, 2.05) is 0 Å². The molecule has 1 aliphatic rings. The smallest absolute Gasteiger partial charge is 0.329 e. The number of urea groups is 1. The van der Waals surface area contributed by atoms with Crippen molar-refractivity contribution in [2.45, 2.75) is 38.6 Å². The molecule has 16 heavy (non-hydrogen) atoms. The Morgan fingerprint density at radius 2 is 2.06 bits per heavy atom. The van der Waals surface area contributed by atoms with E-state index in [0.717, 1.165) is 0 Å². The quantitative estimate of drug-likeness (QED) is 0.745. The lowest BCUT2D eigenvalue weighted by molar-refractivity contribution is -0.143. The molecule has 1 atom stereocenters. The minimum Gasteiger partial charge on any atom is -0.480 e. The Labute approximate surface area is 95.8 Å². The van der Waals surface area contributed by atoms with E-state index in [0.29, 0.717) is 18.9 Å². The van der Waals surface area contributed by atoms with Crippen LogP contribution < -0.4 is 5.32 Å². The molecule has 0 bridgehead atoms. The fourth-order valence-corrected chi connectivity index (χ4v) is 1.40. The monoisotopic (exact) mass is 228 g/mol. The van der Waals surface area contributed by atoms with Crippen LogP contribution in [0.1, 0.15) is 33.1 Å².